The first-order valence-electron chi connectivity index (χ1n) is 8.22. The van der Waals surface area contributed by atoms with Crippen LogP contribution in [-0.4, -0.2) is 11.2 Å². The highest BCUT2D eigenvalue weighted by atomic mass is 35.5. The van der Waals surface area contributed by atoms with E-state index < -0.39 is 0 Å². The first-order chi connectivity index (χ1) is 10.1. The summed E-state index contributed by atoms with van der Waals surface area (Å²) in [4.78, 5) is 0. The lowest BCUT2D eigenvalue weighted by atomic mass is 9.76. The van der Waals surface area contributed by atoms with Gasteiger partial charge in [-0.15, -0.1) is 0 Å². The van der Waals surface area contributed by atoms with Crippen molar-refractivity contribution in [2.24, 2.45) is 11.8 Å². The van der Waals surface area contributed by atoms with E-state index in [1.165, 1.54) is 32.1 Å². The number of unbranched alkanes of at least 4 members (excludes halogenated alkanes) is 1. The Morgan fingerprint density at radius 2 is 1.90 bits per heavy atom. The van der Waals surface area contributed by atoms with Gasteiger partial charge in [0.15, 0.2) is 0 Å². The van der Waals surface area contributed by atoms with Gasteiger partial charge in [0.05, 0.1) is 16.1 Å². The van der Waals surface area contributed by atoms with Crippen LogP contribution >= 0.6 is 23.2 Å². The van der Waals surface area contributed by atoms with Gasteiger partial charge in [0.1, 0.15) is 0 Å². The van der Waals surface area contributed by atoms with E-state index in [0.29, 0.717) is 22.4 Å². The third-order valence-corrected chi connectivity index (χ3v) is 5.72. The van der Waals surface area contributed by atoms with Gasteiger partial charge in [0.2, 0.25) is 0 Å². The summed E-state index contributed by atoms with van der Waals surface area (Å²) < 4.78 is 0. The van der Waals surface area contributed by atoms with Crippen molar-refractivity contribution >= 4 is 23.2 Å². The summed E-state index contributed by atoms with van der Waals surface area (Å²) in [7, 11) is 0. The Hall–Kier alpha value is -0.240. The SMILES string of the molecule is CCCCC1CCC(C(O)Cc2cccc(Cl)c2Cl)CC1. The van der Waals surface area contributed by atoms with Crippen LogP contribution in [0.15, 0.2) is 18.2 Å². The van der Waals surface area contributed by atoms with Crippen LogP contribution in [0.5, 0.6) is 0 Å². The molecule has 1 nitrogen and oxygen atoms in total. The maximum atomic E-state index is 10.5. The molecule has 1 atom stereocenters. The highest BCUT2D eigenvalue weighted by Crippen LogP contribution is 2.35. The van der Waals surface area contributed by atoms with Gasteiger partial charge in [0.25, 0.3) is 0 Å². The topological polar surface area (TPSA) is 20.2 Å². The molecule has 1 unspecified atom stereocenters. The smallest absolute Gasteiger partial charge is 0.0625 e. The molecule has 0 amide bonds. The molecular formula is C18H26Cl2O. The molecule has 2 rings (SSSR count). The van der Waals surface area contributed by atoms with Crippen LogP contribution in [0.1, 0.15) is 57.4 Å². The van der Waals surface area contributed by atoms with E-state index in [2.05, 4.69) is 6.92 Å². The molecule has 1 aromatic carbocycles. The first kappa shape index (κ1) is 17.1. The van der Waals surface area contributed by atoms with E-state index >= 15 is 0 Å². The number of hydrogen-bond donors (Lipinski definition) is 1. The lowest BCUT2D eigenvalue weighted by Gasteiger charge is -2.31. The minimum atomic E-state index is -0.298. The van der Waals surface area contributed by atoms with Crippen LogP contribution in [-0.2, 0) is 6.42 Å². The van der Waals surface area contributed by atoms with Crippen molar-refractivity contribution in [3.8, 4) is 0 Å². The van der Waals surface area contributed by atoms with Gasteiger partial charge in [0, 0.05) is 6.42 Å². The molecule has 0 radical (unpaired) electrons. The quantitative estimate of drug-likeness (QED) is 0.689. The van der Waals surface area contributed by atoms with Gasteiger partial charge in [-0.25, -0.2) is 0 Å². The van der Waals surface area contributed by atoms with Crippen LogP contribution < -0.4 is 0 Å². The molecule has 0 heterocycles. The predicted molar refractivity (Wildman–Crippen MR) is 91.1 cm³/mol. The molecule has 1 saturated carbocycles. The van der Waals surface area contributed by atoms with Crippen molar-refractivity contribution in [3.05, 3.63) is 33.8 Å². The molecule has 1 fully saturated rings. The van der Waals surface area contributed by atoms with E-state index in [9.17, 15) is 5.11 Å². The van der Waals surface area contributed by atoms with Gasteiger partial charge in [-0.1, -0.05) is 74.4 Å². The van der Waals surface area contributed by atoms with Gasteiger partial charge < -0.3 is 5.11 Å². The Morgan fingerprint density at radius 3 is 2.57 bits per heavy atom. The standard InChI is InChI=1S/C18H26Cl2O/c1-2-3-5-13-8-10-14(11-9-13)17(21)12-15-6-4-7-16(19)18(15)20/h4,6-7,13-14,17,21H,2-3,5,8-12H2,1H3. The van der Waals surface area contributed by atoms with Crippen molar-refractivity contribution in [3.63, 3.8) is 0 Å². The number of hydrogen-bond acceptors (Lipinski definition) is 1. The second kappa shape index (κ2) is 8.41. The number of aliphatic hydroxyl groups excluding tert-OH is 1. The summed E-state index contributed by atoms with van der Waals surface area (Å²) in [5.41, 5.74) is 0.963. The fraction of sp³-hybridized carbons (Fsp3) is 0.667. The Morgan fingerprint density at radius 1 is 1.19 bits per heavy atom. The Bertz CT molecular complexity index is 439. The van der Waals surface area contributed by atoms with Crippen LogP contribution in [0.2, 0.25) is 10.0 Å². The Balaban J connectivity index is 1.84. The molecule has 0 aliphatic heterocycles. The summed E-state index contributed by atoms with van der Waals surface area (Å²) >= 11 is 12.3. The van der Waals surface area contributed by atoms with Crippen molar-refractivity contribution in [1.82, 2.24) is 0 Å². The number of rotatable bonds is 6. The van der Waals surface area contributed by atoms with Crippen molar-refractivity contribution in [1.29, 1.82) is 0 Å². The van der Waals surface area contributed by atoms with Gasteiger partial charge in [-0.2, -0.15) is 0 Å². The summed E-state index contributed by atoms with van der Waals surface area (Å²) in [5.74, 6) is 1.29. The van der Waals surface area contributed by atoms with Crippen molar-refractivity contribution in [2.75, 3.05) is 0 Å². The number of aliphatic hydroxyl groups is 1. The molecule has 1 aromatic rings. The maximum absolute atomic E-state index is 10.5. The molecule has 3 heteroatoms. The van der Waals surface area contributed by atoms with Crippen LogP contribution in [0.25, 0.3) is 0 Å². The molecule has 0 saturated heterocycles. The second-order valence-corrected chi connectivity index (χ2v) is 7.19. The third kappa shape index (κ3) is 4.87. The summed E-state index contributed by atoms with van der Waals surface area (Å²) in [5, 5.41) is 11.7. The summed E-state index contributed by atoms with van der Waals surface area (Å²) in [6.45, 7) is 2.25. The first-order valence-corrected chi connectivity index (χ1v) is 8.98. The molecule has 21 heavy (non-hydrogen) atoms. The lowest BCUT2D eigenvalue weighted by molar-refractivity contribution is 0.0726. The van der Waals surface area contributed by atoms with Gasteiger partial charge in [-0.3, -0.25) is 0 Å². The van der Waals surface area contributed by atoms with Crippen LogP contribution in [0.4, 0.5) is 0 Å². The third-order valence-electron chi connectivity index (χ3n) is 4.86. The van der Waals surface area contributed by atoms with E-state index in [0.717, 1.165) is 24.3 Å². The maximum Gasteiger partial charge on any atom is 0.0625 e. The zero-order valence-electron chi connectivity index (χ0n) is 12.8. The van der Waals surface area contributed by atoms with Crippen molar-refractivity contribution < 1.29 is 5.11 Å². The second-order valence-electron chi connectivity index (χ2n) is 6.41. The predicted octanol–water partition coefficient (Wildman–Crippen LogP) is 5.89. The van der Waals surface area contributed by atoms with Crippen LogP contribution in [0, 0.1) is 11.8 Å². The minimum Gasteiger partial charge on any atom is -0.392 e. The minimum absolute atomic E-state index is 0.298. The fourth-order valence-corrected chi connectivity index (χ4v) is 3.85. The van der Waals surface area contributed by atoms with Crippen LogP contribution in [0.3, 0.4) is 0 Å². The van der Waals surface area contributed by atoms with Gasteiger partial charge >= 0.3 is 0 Å². The highest BCUT2D eigenvalue weighted by molar-refractivity contribution is 6.42. The lowest BCUT2D eigenvalue weighted by Crippen LogP contribution is -2.27. The molecule has 0 spiro atoms. The molecule has 118 valence electrons. The monoisotopic (exact) mass is 328 g/mol. The van der Waals surface area contributed by atoms with Crippen molar-refractivity contribution in [2.45, 2.75) is 64.4 Å². The van der Waals surface area contributed by atoms with Gasteiger partial charge in [-0.05, 0) is 36.3 Å². The molecule has 0 bridgehead atoms. The number of benzene rings is 1. The normalized spacial score (nSPS) is 24.0. The van der Waals surface area contributed by atoms with E-state index in [1.807, 2.05) is 12.1 Å². The summed E-state index contributed by atoms with van der Waals surface area (Å²) in [6.07, 6.45) is 9.14. The molecular weight excluding hydrogens is 303 g/mol. The average Bonchev–Trinajstić information content (AvgIpc) is 2.50. The largest absolute Gasteiger partial charge is 0.392 e. The zero-order valence-corrected chi connectivity index (χ0v) is 14.3. The fourth-order valence-electron chi connectivity index (χ4n) is 3.45. The zero-order chi connectivity index (χ0) is 15.2. The van der Waals surface area contributed by atoms with E-state index in [4.69, 9.17) is 23.2 Å². The molecule has 1 aliphatic rings. The van der Waals surface area contributed by atoms with E-state index in [-0.39, 0.29) is 6.10 Å². The highest BCUT2D eigenvalue weighted by Gasteiger charge is 2.26. The molecule has 0 aromatic heterocycles. The average molecular weight is 329 g/mol. The summed E-state index contributed by atoms with van der Waals surface area (Å²) in [6, 6.07) is 5.65. The molecule has 1 N–H and O–H groups in total. The molecule has 1 aliphatic carbocycles. The Kier molecular flexibility index (Phi) is 6.85. The Labute approximate surface area is 138 Å². The number of halogens is 2. The van der Waals surface area contributed by atoms with E-state index in [1.54, 1.807) is 6.07 Å².